The number of nitrogens with one attached hydrogen (secondary N) is 1. The summed E-state index contributed by atoms with van der Waals surface area (Å²) in [5.41, 5.74) is -0.700. The second-order valence-corrected chi connectivity index (χ2v) is 11.3. The topological polar surface area (TPSA) is 126 Å². The lowest BCUT2D eigenvalue weighted by Crippen LogP contribution is -2.24. The van der Waals surface area contributed by atoms with Crippen molar-refractivity contribution in [2.45, 2.75) is 47.0 Å². The van der Waals surface area contributed by atoms with Gasteiger partial charge in [-0.2, -0.15) is 0 Å². The minimum atomic E-state index is -4.89. The highest BCUT2D eigenvalue weighted by molar-refractivity contribution is 7.46. The van der Waals surface area contributed by atoms with Gasteiger partial charge in [0.15, 0.2) is 10.9 Å². The lowest BCUT2D eigenvalue weighted by atomic mass is 9.84. The number of anilines is 1. The number of benzene rings is 1. The Kier molecular flexibility index (Phi) is 6.86. The summed E-state index contributed by atoms with van der Waals surface area (Å²) in [5.74, 6) is -1.16. The largest absolute Gasteiger partial charge is 0.524 e. The molecule has 0 saturated carbocycles. The monoisotopic (exact) mass is 474 g/mol. The number of thiazole rings is 1. The molecule has 1 aromatic heterocycles. The van der Waals surface area contributed by atoms with Gasteiger partial charge in [0.1, 0.15) is 5.75 Å². The zero-order valence-corrected chi connectivity index (χ0v) is 19.9. The standard InChI is InChI=1S/C19H24ClN2O6PS/c1-18(2,3)14-13(15(23)19(4,5)6)30-17(21-14)22-16(24)11-9-10(20)7-8-12(11)28-29(25,26)27/h7-9H,1-6H3,(H,21,22,24)(H2,25,26,27). The molecule has 0 aliphatic rings. The first-order chi connectivity index (χ1) is 13.5. The van der Waals surface area contributed by atoms with Crippen LogP contribution in [0.15, 0.2) is 18.2 Å². The van der Waals surface area contributed by atoms with E-state index in [1.807, 2.05) is 20.8 Å². The third kappa shape index (κ3) is 6.12. The first kappa shape index (κ1) is 24.5. The molecule has 30 heavy (non-hydrogen) atoms. The molecule has 3 N–H and O–H groups in total. The van der Waals surface area contributed by atoms with Gasteiger partial charge in [-0.25, -0.2) is 9.55 Å². The molecule has 0 saturated heterocycles. The van der Waals surface area contributed by atoms with Crippen LogP contribution < -0.4 is 9.84 Å². The van der Waals surface area contributed by atoms with Crippen LogP contribution in [0, 0.1) is 5.41 Å². The number of phosphoric acid groups is 1. The van der Waals surface area contributed by atoms with Gasteiger partial charge in [-0.1, -0.05) is 64.5 Å². The highest BCUT2D eigenvalue weighted by Crippen LogP contribution is 2.40. The van der Waals surface area contributed by atoms with Crippen LogP contribution in [0.5, 0.6) is 5.75 Å². The predicted molar refractivity (Wildman–Crippen MR) is 117 cm³/mol. The van der Waals surface area contributed by atoms with Gasteiger partial charge in [0.05, 0.1) is 16.1 Å². The zero-order valence-electron chi connectivity index (χ0n) is 17.4. The van der Waals surface area contributed by atoms with Gasteiger partial charge in [0, 0.05) is 15.9 Å². The summed E-state index contributed by atoms with van der Waals surface area (Å²) in [5, 5.41) is 2.93. The number of phosphoric ester groups is 1. The van der Waals surface area contributed by atoms with Crippen molar-refractivity contribution >= 4 is 47.6 Å². The van der Waals surface area contributed by atoms with Gasteiger partial charge in [-0.3, -0.25) is 24.7 Å². The molecule has 0 spiro atoms. The van der Waals surface area contributed by atoms with Gasteiger partial charge in [0.2, 0.25) is 0 Å². The summed E-state index contributed by atoms with van der Waals surface area (Å²) in [4.78, 5) is 48.7. The summed E-state index contributed by atoms with van der Waals surface area (Å²) < 4.78 is 15.8. The minimum absolute atomic E-state index is 0.0984. The molecule has 0 atom stereocenters. The Bertz CT molecular complexity index is 1030. The molecule has 0 fully saturated rings. The Labute approximate surface area is 183 Å². The molecule has 0 aliphatic heterocycles. The number of carbonyl (C=O) groups excluding carboxylic acids is 2. The fraction of sp³-hybridized carbons (Fsp3) is 0.421. The fourth-order valence-electron chi connectivity index (χ4n) is 2.43. The van der Waals surface area contributed by atoms with Crippen molar-refractivity contribution in [1.82, 2.24) is 4.98 Å². The van der Waals surface area contributed by atoms with Crippen LogP contribution >= 0.6 is 30.8 Å². The molecule has 1 heterocycles. The van der Waals surface area contributed by atoms with Crippen molar-refractivity contribution in [1.29, 1.82) is 0 Å². The Morgan fingerprint density at radius 2 is 1.77 bits per heavy atom. The third-order valence-corrected chi connectivity index (χ3v) is 5.49. The van der Waals surface area contributed by atoms with Gasteiger partial charge in [-0.15, -0.1) is 0 Å². The van der Waals surface area contributed by atoms with Gasteiger partial charge in [0.25, 0.3) is 5.91 Å². The van der Waals surface area contributed by atoms with E-state index in [1.54, 1.807) is 20.8 Å². The predicted octanol–water partition coefficient (Wildman–Crippen LogP) is 5.05. The van der Waals surface area contributed by atoms with E-state index >= 15 is 0 Å². The maximum Gasteiger partial charge on any atom is 0.524 e. The molecule has 2 rings (SSSR count). The number of ketones is 1. The van der Waals surface area contributed by atoms with Crippen LogP contribution in [0.1, 0.15) is 67.3 Å². The molecule has 11 heteroatoms. The molecule has 1 amide bonds. The summed E-state index contributed by atoms with van der Waals surface area (Å²) in [6.07, 6.45) is 0. The van der Waals surface area contributed by atoms with E-state index in [-0.39, 0.29) is 27.3 Å². The van der Waals surface area contributed by atoms with Crippen LogP contribution in [0.25, 0.3) is 0 Å². The van der Waals surface area contributed by atoms with Crippen molar-refractivity contribution in [2.24, 2.45) is 5.41 Å². The molecule has 1 aromatic carbocycles. The molecule has 0 unspecified atom stereocenters. The lowest BCUT2D eigenvalue weighted by molar-refractivity contribution is 0.0860. The van der Waals surface area contributed by atoms with E-state index in [0.717, 1.165) is 11.3 Å². The Hall–Kier alpha value is -1.77. The van der Waals surface area contributed by atoms with E-state index in [2.05, 4.69) is 14.8 Å². The Balaban J connectivity index is 2.46. The van der Waals surface area contributed by atoms with E-state index in [4.69, 9.17) is 21.4 Å². The molecule has 0 radical (unpaired) electrons. The molecule has 2 aromatic rings. The average Bonchev–Trinajstić information content (AvgIpc) is 2.97. The Morgan fingerprint density at radius 3 is 2.27 bits per heavy atom. The zero-order chi connectivity index (χ0) is 23.1. The summed E-state index contributed by atoms with van der Waals surface area (Å²) >= 11 is 6.98. The summed E-state index contributed by atoms with van der Waals surface area (Å²) in [6.45, 7) is 11.1. The SMILES string of the molecule is CC(C)(C)C(=O)c1sc(NC(=O)c2cc(Cl)ccc2OP(=O)(O)O)nc1C(C)(C)C. The van der Waals surface area contributed by atoms with Crippen molar-refractivity contribution in [3.05, 3.63) is 39.4 Å². The van der Waals surface area contributed by atoms with Crippen LogP contribution in [0.3, 0.4) is 0 Å². The third-order valence-electron chi connectivity index (χ3n) is 3.85. The fourth-order valence-corrected chi connectivity index (χ4v) is 4.34. The second kappa shape index (κ2) is 8.40. The van der Waals surface area contributed by atoms with E-state index in [1.165, 1.54) is 18.2 Å². The number of hydrogen-bond donors (Lipinski definition) is 3. The van der Waals surface area contributed by atoms with Crippen molar-refractivity contribution in [3.63, 3.8) is 0 Å². The van der Waals surface area contributed by atoms with Gasteiger partial charge < -0.3 is 4.52 Å². The summed E-state index contributed by atoms with van der Waals surface area (Å²) in [7, 11) is -4.89. The lowest BCUT2D eigenvalue weighted by Gasteiger charge is -2.21. The number of halogens is 1. The van der Waals surface area contributed by atoms with Gasteiger partial charge in [-0.05, 0) is 18.2 Å². The van der Waals surface area contributed by atoms with Crippen LogP contribution in [0.4, 0.5) is 5.13 Å². The number of nitrogens with zero attached hydrogens (tertiary/aromatic N) is 1. The van der Waals surface area contributed by atoms with E-state index in [0.29, 0.717) is 10.6 Å². The molecule has 164 valence electrons. The smallest absolute Gasteiger partial charge is 0.403 e. The Morgan fingerprint density at radius 1 is 1.17 bits per heavy atom. The first-order valence-corrected chi connectivity index (χ1v) is 11.6. The maximum atomic E-state index is 12.9. The number of aromatic nitrogens is 1. The van der Waals surface area contributed by atoms with Crippen LogP contribution in [0.2, 0.25) is 5.02 Å². The van der Waals surface area contributed by atoms with Crippen molar-refractivity contribution in [2.75, 3.05) is 5.32 Å². The highest BCUT2D eigenvalue weighted by atomic mass is 35.5. The minimum Gasteiger partial charge on any atom is -0.403 e. The number of carbonyl (C=O) groups is 2. The molecule has 8 nitrogen and oxygen atoms in total. The van der Waals surface area contributed by atoms with E-state index < -0.39 is 24.6 Å². The van der Waals surface area contributed by atoms with E-state index in [9.17, 15) is 14.2 Å². The molecule has 0 bridgehead atoms. The van der Waals surface area contributed by atoms with Gasteiger partial charge >= 0.3 is 7.82 Å². The maximum absolute atomic E-state index is 12.9. The normalized spacial score (nSPS) is 12.6. The summed E-state index contributed by atoms with van der Waals surface area (Å²) in [6, 6.07) is 3.75. The molecular weight excluding hydrogens is 451 g/mol. The first-order valence-electron chi connectivity index (χ1n) is 8.91. The van der Waals surface area contributed by atoms with Crippen molar-refractivity contribution in [3.8, 4) is 5.75 Å². The number of amides is 1. The number of hydrogen-bond acceptors (Lipinski definition) is 6. The van der Waals surface area contributed by atoms with Crippen LogP contribution in [-0.2, 0) is 9.98 Å². The quantitative estimate of drug-likeness (QED) is 0.409. The molecule has 0 aliphatic carbocycles. The highest BCUT2D eigenvalue weighted by Gasteiger charge is 2.33. The average molecular weight is 475 g/mol. The number of Topliss-reactive ketones (excluding diaryl/α,β-unsaturated/α-hetero) is 1. The number of rotatable bonds is 5. The van der Waals surface area contributed by atoms with Crippen LogP contribution in [-0.4, -0.2) is 26.5 Å². The molecular formula is C19H24ClN2O6PS. The second-order valence-electron chi connectivity index (χ2n) is 8.70. The van der Waals surface area contributed by atoms with Crippen molar-refractivity contribution < 1.29 is 28.5 Å².